The van der Waals surface area contributed by atoms with Crippen molar-refractivity contribution in [2.75, 3.05) is 0 Å². The highest BCUT2D eigenvalue weighted by atomic mass is 16.5. The maximum absolute atomic E-state index is 12.5. The van der Waals surface area contributed by atoms with Gasteiger partial charge in [0.25, 0.3) is 0 Å². The molecule has 0 amide bonds. The molecule has 2 aliphatic carbocycles. The Balaban J connectivity index is 1.45. The molecule has 0 aliphatic heterocycles. The molecule has 1 aromatic carbocycles. The van der Waals surface area contributed by atoms with Crippen LogP contribution in [-0.4, -0.2) is 11.9 Å². The van der Waals surface area contributed by atoms with Crippen molar-refractivity contribution in [2.45, 2.75) is 65.7 Å². The molecule has 29 heavy (non-hydrogen) atoms. The van der Waals surface area contributed by atoms with Crippen molar-refractivity contribution in [1.82, 2.24) is 0 Å². The minimum absolute atomic E-state index is 0.142. The van der Waals surface area contributed by atoms with Crippen molar-refractivity contribution in [3.63, 3.8) is 0 Å². The highest BCUT2D eigenvalue weighted by molar-refractivity contribution is 5.77. The second-order valence-corrected chi connectivity index (χ2v) is 8.54. The molecule has 2 aliphatic rings. The van der Waals surface area contributed by atoms with E-state index in [1.165, 1.54) is 5.56 Å². The van der Waals surface area contributed by atoms with Crippen molar-refractivity contribution in [3.05, 3.63) is 53.8 Å². The molecular weight excluding hydrogens is 364 g/mol. The number of allylic oxidation sites excluding steroid dienone is 3. The molecule has 1 fully saturated rings. The van der Waals surface area contributed by atoms with Crippen LogP contribution >= 0.6 is 0 Å². The molecule has 0 spiro atoms. The van der Waals surface area contributed by atoms with E-state index in [4.69, 9.17) is 9.47 Å². The van der Waals surface area contributed by atoms with Crippen molar-refractivity contribution >= 4 is 11.9 Å². The van der Waals surface area contributed by atoms with Crippen LogP contribution in [0.2, 0.25) is 0 Å². The molecule has 4 heteroatoms. The summed E-state index contributed by atoms with van der Waals surface area (Å²) >= 11 is 0. The summed E-state index contributed by atoms with van der Waals surface area (Å²) in [5.41, 5.74) is 1.37. The molecule has 0 bridgehead atoms. The van der Waals surface area contributed by atoms with Gasteiger partial charge in [0.15, 0.2) is 0 Å². The lowest BCUT2D eigenvalue weighted by Crippen LogP contribution is -2.29. The molecule has 1 unspecified atom stereocenters. The average Bonchev–Trinajstić information content (AvgIpc) is 2.76. The van der Waals surface area contributed by atoms with Crippen molar-refractivity contribution < 1.29 is 19.1 Å². The quantitative estimate of drug-likeness (QED) is 0.453. The number of hydrogen-bond donors (Lipinski definition) is 0. The molecule has 0 aromatic heterocycles. The van der Waals surface area contributed by atoms with Crippen LogP contribution in [0.15, 0.2) is 48.3 Å². The van der Waals surface area contributed by atoms with Gasteiger partial charge in [0.1, 0.15) is 11.5 Å². The number of benzene rings is 1. The fraction of sp³-hybridized carbons (Fsp3) is 0.520. The molecule has 1 aromatic rings. The first-order valence-corrected chi connectivity index (χ1v) is 10.8. The lowest BCUT2D eigenvalue weighted by atomic mass is 9.81. The maximum atomic E-state index is 12.5. The van der Waals surface area contributed by atoms with E-state index in [9.17, 15) is 9.59 Å². The molecular formula is C25H32O4. The Morgan fingerprint density at radius 2 is 1.55 bits per heavy atom. The van der Waals surface area contributed by atoms with Crippen LogP contribution in [-0.2, 0) is 20.7 Å². The van der Waals surface area contributed by atoms with Gasteiger partial charge in [0.05, 0.1) is 11.8 Å². The summed E-state index contributed by atoms with van der Waals surface area (Å²) < 4.78 is 11.1. The van der Waals surface area contributed by atoms with Crippen LogP contribution in [0, 0.1) is 17.3 Å². The van der Waals surface area contributed by atoms with Gasteiger partial charge in [0.2, 0.25) is 0 Å². The first kappa shape index (κ1) is 21.4. The maximum Gasteiger partial charge on any atom is 0.314 e. The molecule has 0 heterocycles. The second kappa shape index (κ2) is 9.43. The summed E-state index contributed by atoms with van der Waals surface area (Å²) in [7, 11) is 0. The Kier molecular flexibility index (Phi) is 6.94. The van der Waals surface area contributed by atoms with Crippen molar-refractivity contribution in [2.24, 2.45) is 17.3 Å². The van der Waals surface area contributed by atoms with Crippen LogP contribution in [0.5, 0.6) is 5.75 Å². The molecule has 0 saturated heterocycles. The zero-order valence-electron chi connectivity index (χ0n) is 17.8. The zero-order valence-corrected chi connectivity index (χ0v) is 17.8. The third-order valence-corrected chi connectivity index (χ3v) is 6.39. The molecule has 0 radical (unpaired) electrons. The average molecular weight is 397 g/mol. The lowest BCUT2D eigenvalue weighted by Gasteiger charge is -2.28. The Morgan fingerprint density at radius 3 is 2.03 bits per heavy atom. The minimum Gasteiger partial charge on any atom is -0.427 e. The van der Waals surface area contributed by atoms with Crippen molar-refractivity contribution in [3.8, 4) is 5.75 Å². The van der Waals surface area contributed by atoms with E-state index in [1.807, 2.05) is 36.4 Å². The Hall–Kier alpha value is -2.36. The monoisotopic (exact) mass is 396 g/mol. The van der Waals surface area contributed by atoms with Crippen LogP contribution in [0.4, 0.5) is 0 Å². The highest BCUT2D eigenvalue weighted by Crippen LogP contribution is 2.34. The van der Waals surface area contributed by atoms with E-state index >= 15 is 0 Å². The summed E-state index contributed by atoms with van der Waals surface area (Å²) in [5.74, 6) is 0.572. The molecule has 4 nitrogen and oxygen atoms in total. The molecule has 156 valence electrons. The van der Waals surface area contributed by atoms with Crippen LogP contribution in [0.25, 0.3) is 0 Å². The van der Waals surface area contributed by atoms with E-state index in [1.54, 1.807) is 0 Å². The molecule has 1 saturated carbocycles. The zero-order chi connectivity index (χ0) is 20.9. The standard InChI is InChI=1S/C25H32O4/c1-4-18-6-12-21(13-7-18)28-23(26)19-8-10-20(11-9-19)24(27)29-22-14-16-25(3,5-2)17-15-22/h6-7,12-16,19-20H,4-5,8-11,17H2,1-3H3. The normalized spacial score (nSPS) is 26.5. The summed E-state index contributed by atoms with van der Waals surface area (Å²) in [5, 5.41) is 0. The number of carbonyl (C=O) groups excluding carboxylic acids is 2. The van der Waals surface area contributed by atoms with Gasteiger partial charge in [0, 0.05) is 0 Å². The van der Waals surface area contributed by atoms with Crippen LogP contribution in [0.3, 0.4) is 0 Å². The minimum atomic E-state index is -0.196. The first-order chi connectivity index (χ1) is 13.9. The van der Waals surface area contributed by atoms with Gasteiger partial charge in [-0.05, 0) is 80.2 Å². The number of carbonyl (C=O) groups is 2. The van der Waals surface area contributed by atoms with Crippen LogP contribution < -0.4 is 4.74 Å². The van der Waals surface area contributed by atoms with Gasteiger partial charge < -0.3 is 9.47 Å². The summed E-state index contributed by atoms with van der Waals surface area (Å²) in [6, 6.07) is 7.64. The summed E-state index contributed by atoms with van der Waals surface area (Å²) in [6.07, 6.45) is 11.6. The fourth-order valence-electron chi connectivity index (χ4n) is 3.85. The summed E-state index contributed by atoms with van der Waals surface area (Å²) in [6.45, 7) is 6.46. The Morgan fingerprint density at radius 1 is 0.966 bits per heavy atom. The van der Waals surface area contributed by atoms with Gasteiger partial charge in [-0.15, -0.1) is 0 Å². The predicted octanol–water partition coefficient (Wildman–Crippen LogP) is 5.76. The third-order valence-electron chi connectivity index (χ3n) is 6.39. The number of esters is 2. The smallest absolute Gasteiger partial charge is 0.314 e. The van der Waals surface area contributed by atoms with Gasteiger partial charge in [-0.3, -0.25) is 9.59 Å². The fourth-order valence-corrected chi connectivity index (χ4v) is 3.85. The van der Waals surface area contributed by atoms with Gasteiger partial charge in [-0.1, -0.05) is 39.0 Å². The first-order valence-electron chi connectivity index (χ1n) is 10.8. The van der Waals surface area contributed by atoms with Gasteiger partial charge in [-0.2, -0.15) is 0 Å². The van der Waals surface area contributed by atoms with Crippen molar-refractivity contribution in [1.29, 1.82) is 0 Å². The third kappa shape index (κ3) is 5.59. The molecule has 3 rings (SSSR count). The van der Waals surface area contributed by atoms with Gasteiger partial charge in [-0.25, -0.2) is 0 Å². The van der Waals surface area contributed by atoms with Gasteiger partial charge >= 0.3 is 11.9 Å². The molecule has 1 atom stereocenters. The van der Waals surface area contributed by atoms with E-state index in [-0.39, 0.29) is 29.2 Å². The topological polar surface area (TPSA) is 52.6 Å². The number of aryl methyl sites for hydroxylation is 1. The largest absolute Gasteiger partial charge is 0.427 e. The van der Waals surface area contributed by atoms with E-state index in [0.717, 1.165) is 19.3 Å². The number of hydrogen-bond acceptors (Lipinski definition) is 4. The highest BCUT2D eigenvalue weighted by Gasteiger charge is 2.32. The van der Waals surface area contributed by atoms with Crippen LogP contribution in [0.1, 0.15) is 64.9 Å². The van der Waals surface area contributed by atoms with E-state index in [0.29, 0.717) is 37.2 Å². The van der Waals surface area contributed by atoms with E-state index < -0.39 is 0 Å². The predicted molar refractivity (Wildman–Crippen MR) is 113 cm³/mol. The van der Waals surface area contributed by atoms with E-state index in [2.05, 4.69) is 26.8 Å². The Bertz CT molecular complexity index is 782. The lowest BCUT2D eigenvalue weighted by molar-refractivity contribution is -0.148. The second-order valence-electron chi connectivity index (χ2n) is 8.54. The number of ether oxygens (including phenoxy) is 2. The molecule has 0 N–H and O–H groups in total. The summed E-state index contributed by atoms with van der Waals surface area (Å²) in [4.78, 5) is 25.0. The number of rotatable bonds is 6. The SMILES string of the molecule is CCc1ccc(OC(=O)C2CCC(C(=O)OC3=CCC(C)(CC)C=C3)CC2)cc1. The Labute approximate surface area is 174 Å².